The highest BCUT2D eigenvalue weighted by molar-refractivity contribution is 7.57. The fraction of sp³-hybridized carbons (Fsp3) is 0.750. The lowest BCUT2D eigenvalue weighted by atomic mass is 10.3. The summed E-state index contributed by atoms with van der Waals surface area (Å²) in [7, 11) is -3.40. The fourth-order valence-corrected chi connectivity index (χ4v) is 1.88. The van der Waals surface area contributed by atoms with E-state index in [4.69, 9.17) is 16.7 Å². The summed E-state index contributed by atoms with van der Waals surface area (Å²) < 4.78 is 11.9. The summed E-state index contributed by atoms with van der Waals surface area (Å²) in [6, 6.07) is -0.588. The van der Waals surface area contributed by atoms with E-state index in [0.717, 1.165) is 4.67 Å². The first-order valence-electron chi connectivity index (χ1n) is 3.17. The smallest absolute Gasteiger partial charge is 0.302 e. The number of rotatable bonds is 1. The van der Waals surface area contributed by atoms with Gasteiger partial charge >= 0.3 is 7.59 Å². The molecule has 0 aromatic heterocycles. The van der Waals surface area contributed by atoms with Crippen molar-refractivity contribution < 1.29 is 9.36 Å². The summed E-state index contributed by atoms with van der Waals surface area (Å²) in [6.07, 6.45) is 0.469. The molecule has 6 N–H and O–H groups in total. The normalized spacial score (nSPS) is 26.3. The van der Waals surface area contributed by atoms with E-state index >= 15 is 0 Å². The minimum Gasteiger partial charge on any atom is -0.320 e. The van der Waals surface area contributed by atoms with Crippen LogP contribution in [0, 0.1) is 0 Å². The van der Waals surface area contributed by atoms with E-state index in [1.54, 1.807) is 0 Å². The molecule has 0 aromatic rings. The second-order valence-corrected chi connectivity index (χ2v) is 4.36. The minimum atomic E-state index is -3.40. The van der Waals surface area contributed by atoms with Crippen LogP contribution in [0.3, 0.4) is 0 Å². The van der Waals surface area contributed by atoms with Crippen LogP contribution in [0.1, 0.15) is 6.42 Å². The second-order valence-electron chi connectivity index (χ2n) is 2.53. The van der Waals surface area contributed by atoms with Crippen LogP contribution >= 0.6 is 7.59 Å². The van der Waals surface area contributed by atoms with Gasteiger partial charge in [0, 0.05) is 6.54 Å². The molecule has 64 valence electrons. The van der Waals surface area contributed by atoms with Crippen LogP contribution in [-0.4, -0.2) is 23.2 Å². The molecule has 1 atom stereocenters. The van der Waals surface area contributed by atoms with Crippen molar-refractivity contribution in [3.05, 3.63) is 0 Å². The molecule has 1 unspecified atom stereocenters. The molecule has 7 heteroatoms. The molecule has 1 rings (SSSR count). The highest BCUT2D eigenvalue weighted by Crippen LogP contribution is 2.35. The molecule has 1 amide bonds. The van der Waals surface area contributed by atoms with Gasteiger partial charge in [0.15, 0.2) is 0 Å². The lowest BCUT2D eigenvalue weighted by Gasteiger charge is -2.19. The first kappa shape index (κ1) is 8.67. The molecule has 1 heterocycles. The molecule has 0 spiro atoms. The van der Waals surface area contributed by atoms with E-state index < -0.39 is 19.5 Å². The number of amides is 1. The molecule has 0 aliphatic carbocycles. The standard InChI is InChI=1S/C4H11N4O2P/c5-3-1-2-8(4(3)9)11(6,7)10/h3H,1-2,5H2,(H4,6,7,10). The van der Waals surface area contributed by atoms with Crippen LogP contribution in [-0.2, 0) is 9.36 Å². The maximum atomic E-state index is 11.0. The van der Waals surface area contributed by atoms with Crippen LogP contribution in [0.2, 0.25) is 0 Å². The average molecular weight is 178 g/mol. The Morgan fingerprint density at radius 3 is 2.27 bits per heavy atom. The number of nitrogens with two attached hydrogens (primary N) is 3. The minimum absolute atomic E-state index is 0.296. The van der Waals surface area contributed by atoms with E-state index in [2.05, 4.69) is 0 Å². The maximum absolute atomic E-state index is 11.0. The predicted molar refractivity (Wildman–Crippen MR) is 40.3 cm³/mol. The van der Waals surface area contributed by atoms with Crippen molar-refractivity contribution in [2.24, 2.45) is 16.7 Å². The largest absolute Gasteiger partial charge is 0.320 e. The lowest BCUT2D eigenvalue weighted by molar-refractivity contribution is -0.124. The van der Waals surface area contributed by atoms with E-state index in [0.29, 0.717) is 13.0 Å². The molecule has 1 aliphatic heterocycles. The first-order valence-corrected chi connectivity index (χ1v) is 4.97. The van der Waals surface area contributed by atoms with Crippen molar-refractivity contribution >= 4 is 13.5 Å². The summed E-state index contributed by atoms with van der Waals surface area (Å²) in [4.78, 5) is 11.0. The van der Waals surface area contributed by atoms with Crippen molar-refractivity contribution in [2.75, 3.05) is 6.54 Å². The van der Waals surface area contributed by atoms with Gasteiger partial charge in [0.2, 0.25) is 5.91 Å². The van der Waals surface area contributed by atoms with Gasteiger partial charge in [0.25, 0.3) is 0 Å². The molecule has 0 radical (unpaired) electrons. The molecular formula is C4H11N4O2P. The quantitative estimate of drug-likeness (QED) is 0.426. The van der Waals surface area contributed by atoms with Crippen LogP contribution in [0.4, 0.5) is 0 Å². The Kier molecular flexibility index (Phi) is 2.02. The predicted octanol–water partition coefficient (Wildman–Crippen LogP) is -1.43. The van der Waals surface area contributed by atoms with Crippen LogP contribution in [0.5, 0.6) is 0 Å². The fourth-order valence-electron chi connectivity index (χ4n) is 0.997. The Labute approximate surface area is 64.2 Å². The van der Waals surface area contributed by atoms with Gasteiger partial charge in [0.05, 0.1) is 6.04 Å². The molecule has 0 bridgehead atoms. The molecule has 1 aliphatic rings. The third-order valence-electron chi connectivity index (χ3n) is 1.60. The van der Waals surface area contributed by atoms with Crippen molar-refractivity contribution in [3.8, 4) is 0 Å². The van der Waals surface area contributed by atoms with Gasteiger partial charge in [-0.05, 0) is 6.42 Å². The van der Waals surface area contributed by atoms with Crippen LogP contribution in [0.15, 0.2) is 0 Å². The Bertz CT molecular complexity index is 224. The molecule has 1 fully saturated rings. The highest BCUT2D eigenvalue weighted by Gasteiger charge is 2.36. The Morgan fingerprint density at radius 2 is 2.09 bits per heavy atom. The second kappa shape index (κ2) is 2.57. The van der Waals surface area contributed by atoms with Crippen molar-refractivity contribution in [1.82, 2.24) is 4.67 Å². The molecule has 0 aromatic carbocycles. The van der Waals surface area contributed by atoms with Gasteiger partial charge in [-0.3, -0.25) is 25.0 Å². The Balaban J connectivity index is 2.78. The number of carbonyl (C=O) groups is 1. The summed E-state index contributed by atoms with van der Waals surface area (Å²) in [5.41, 5.74) is 15.5. The zero-order valence-corrected chi connectivity index (χ0v) is 6.83. The van der Waals surface area contributed by atoms with E-state index in [9.17, 15) is 9.36 Å². The maximum Gasteiger partial charge on any atom is 0.302 e. The Hall–Kier alpha value is -0.420. The zero-order valence-electron chi connectivity index (χ0n) is 5.93. The Morgan fingerprint density at radius 1 is 1.55 bits per heavy atom. The third-order valence-corrected chi connectivity index (χ3v) is 2.75. The first-order chi connectivity index (χ1) is 4.93. The molecule has 6 nitrogen and oxygen atoms in total. The summed E-state index contributed by atoms with van der Waals surface area (Å²) in [5, 5.41) is 0. The van der Waals surface area contributed by atoms with Gasteiger partial charge in [-0.2, -0.15) is 0 Å². The van der Waals surface area contributed by atoms with Crippen molar-refractivity contribution in [3.63, 3.8) is 0 Å². The number of hydrogen-bond donors (Lipinski definition) is 3. The zero-order chi connectivity index (χ0) is 8.65. The van der Waals surface area contributed by atoms with Gasteiger partial charge in [-0.1, -0.05) is 0 Å². The average Bonchev–Trinajstić information content (AvgIpc) is 2.11. The monoisotopic (exact) mass is 178 g/mol. The topological polar surface area (TPSA) is 115 Å². The third kappa shape index (κ3) is 1.59. The number of nitrogens with zero attached hydrogens (tertiary/aromatic N) is 1. The lowest BCUT2D eigenvalue weighted by Crippen LogP contribution is -2.36. The molecule has 1 saturated heterocycles. The number of carbonyl (C=O) groups excluding carboxylic acids is 1. The van der Waals surface area contributed by atoms with Crippen molar-refractivity contribution in [1.29, 1.82) is 0 Å². The summed E-state index contributed by atoms with van der Waals surface area (Å²) in [5.74, 6) is -0.418. The summed E-state index contributed by atoms with van der Waals surface area (Å²) in [6.45, 7) is 0.296. The molecule has 11 heavy (non-hydrogen) atoms. The van der Waals surface area contributed by atoms with Gasteiger partial charge in [0.1, 0.15) is 0 Å². The van der Waals surface area contributed by atoms with Gasteiger partial charge in [-0.15, -0.1) is 0 Å². The molecular weight excluding hydrogens is 167 g/mol. The van der Waals surface area contributed by atoms with E-state index in [1.165, 1.54) is 0 Å². The van der Waals surface area contributed by atoms with Gasteiger partial charge < -0.3 is 5.73 Å². The SMILES string of the molecule is NC1CCN(P(N)(N)=O)C1=O. The van der Waals surface area contributed by atoms with Gasteiger partial charge in [-0.25, -0.2) is 0 Å². The summed E-state index contributed by atoms with van der Waals surface area (Å²) >= 11 is 0. The van der Waals surface area contributed by atoms with E-state index in [1.807, 2.05) is 0 Å². The van der Waals surface area contributed by atoms with E-state index in [-0.39, 0.29) is 0 Å². The molecule has 0 saturated carbocycles. The van der Waals surface area contributed by atoms with Crippen molar-refractivity contribution in [2.45, 2.75) is 12.5 Å². The number of hydrogen-bond acceptors (Lipinski definition) is 3. The van der Waals surface area contributed by atoms with Crippen LogP contribution < -0.4 is 16.7 Å². The van der Waals surface area contributed by atoms with Crippen LogP contribution in [0.25, 0.3) is 0 Å². The highest BCUT2D eigenvalue weighted by atomic mass is 31.2.